The highest BCUT2D eigenvalue weighted by Gasteiger charge is 2.27. The SMILES string of the molecule is CN(CCO)C(=O)NC[C@H]1OCCCC[C@H]1c1ccc(Cl)c(Cl)c1. The molecule has 0 aromatic heterocycles. The van der Waals surface area contributed by atoms with Crippen molar-refractivity contribution in [3.8, 4) is 0 Å². The molecule has 2 atom stereocenters. The molecule has 0 unspecified atom stereocenters. The van der Waals surface area contributed by atoms with Gasteiger partial charge >= 0.3 is 6.03 Å². The van der Waals surface area contributed by atoms with E-state index in [1.807, 2.05) is 12.1 Å². The first-order chi connectivity index (χ1) is 11.5. The number of benzene rings is 1. The van der Waals surface area contributed by atoms with E-state index < -0.39 is 0 Å². The van der Waals surface area contributed by atoms with E-state index in [1.54, 1.807) is 13.1 Å². The second-order valence-electron chi connectivity index (χ2n) is 6.02. The lowest BCUT2D eigenvalue weighted by atomic mass is 9.89. The average molecular weight is 375 g/mol. The van der Waals surface area contributed by atoms with Gasteiger partial charge in [-0.2, -0.15) is 0 Å². The van der Waals surface area contributed by atoms with Gasteiger partial charge in [0.2, 0.25) is 0 Å². The van der Waals surface area contributed by atoms with Gasteiger partial charge in [-0.1, -0.05) is 35.7 Å². The zero-order valence-corrected chi connectivity index (χ0v) is 15.3. The molecule has 2 amide bonds. The quantitative estimate of drug-likeness (QED) is 0.830. The van der Waals surface area contributed by atoms with Crippen molar-refractivity contribution in [2.24, 2.45) is 0 Å². The number of amides is 2. The molecule has 5 nitrogen and oxygen atoms in total. The monoisotopic (exact) mass is 374 g/mol. The summed E-state index contributed by atoms with van der Waals surface area (Å²) in [5.74, 6) is 0.158. The van der Waals surface area contributed by atoms with Crippen molar-refractivity contribution in [3.63, 3.8) is 0 Å². The molecule has 0 spiro atoms. The van der Waals surface area contributed by atoms with Gasteiger partial charge < -0.3 is 20.1 Å². The van der Waals surface area contributed by atoms with Crippen molar-refractivity contribution in [2.75, 3.05) is 33.4 Å². The van der Waals surface area contributed by atoms with E-state index in [2.05, 4.69) is 5.32 Å². The molecule has 0 bridgehead atoms. The number of nitrogens with zero attached hydrogens (tertiary/aromatic N) is 1. The molecule has 7 heteroatoms. The van der Waals surface area contributed by atoms with Gasteiger partial charge in [-0.25, -0.2) is 4.79 Å². The molecule has 0 saturated carbocycles. The molecule has 0 aliphatic carbocycles. The first kappa shape index (κ1) is 19.3. The molecule has 1 aromatic rings. The molecule has 1 aliphatic heterocycles. The van der Waals surface area contributed by atoms with Crippen LogP contribution < -0.4 is 5.32 Å². The molecule has 2 rings (SSSR count). The normalized spacial score (nSPS) is 21.2. The highest BCUT2D eigenvalue weighted by Crippen LogP contribution is 2.33. The van der Waals surface area contributed by atoms with Crippen molar-refractivity contribution >= 4 is 29.2 Å². The first-order valence-corrected chi connectivity index (χ1v) is 8.95. The van der Waals surface area contributed by atoms with Crippen LogP contribution in [0.3, 0.4) is 0 Å². The Kier molecular flexibility index (Phi) is 7.62. The third kappa shape index (κ3) is 5.24. The number of carbonyl (C=O) groups excluding carboxylic acids is 1. The van der Waals surface area contributed by atoms with Crippen molar-refractivity contribution < 1.29 is 14.6 Å². The number of nitrogens with one attached hydrogen (secondary N) is 1. The minimum atomic E-state index is -0.218. The number of aliphatic hydroxyl groups excluding tert-OH is 1. The van der Waals surface area contributed by atoms with Crippen LogP contribution in [0.25, 0.3) is 0 Å². The van der Waals surface area contributed by atoms with Crippen LogP contribution in [0.5, 0.6) is 0 Å². The third-order valence-corrected chi connectivity index (χ3v) is 5.04. The summed E-state index contributed by atoms with van der Waals surface area (Å²) in [6.45, 7) is 1.34. The average Bonchev–Trinajstić information content (AvgIpc) is 2.80. The smallest absolute Gasteiger partial charge is 0.317 e. The number of urea groups is 1. The summed E-state index contributed by atoms with van der Waals surface area (Å²) in [5.41, 5.74) is 1.08. The fourth-order valence-electron chi connectivity index (χ4n) is 2.90. The number of ether oxygens (including phenoxy) is 1. The number of halogens is 2. The van der Waals surface area contributed by atoms with Crippen LogP contribution in [0, 0.1) is 0 Å². The van der Waals surface area contributed by atoms with Gasteiger partial charge in [0.05, 0.1) is 22.8 Å². The van der Waals surface area contributed by atoms with E-state index in [1.165, 1.54) is 4.90 Å². The van der Waals surface area contributed by atoms with Gasteiger partial charge in [0.15, 0.2) is 0 Å². The summed E-state index contributed by atoms with van der Waals surface area (Å²) in [5, 5.41) is 12.9. The number of likely N-dealkylation sites (N-methyl/N-ethyl adjacent to an activating group) is 1. The van der Waals surface area contributed by atoms with Crippen molar-refractivity contribution in [2.45, 2.75) is 31.3 Å². The first-order valence-electron chi connectivity index (χ1n) is 8.19. The van der Waals surface area contributed by atoms with Gasteiger partial charge in [-0.3, -0.25) is 0 Å². The van der Waals surface area contributed by atoms with Gasteiger partial charge in [0, 0.05) is 32.7 Å². The fourth-order valence-corrected chi connectivity index (χ4v) is 3.21. The molecule has 24 heavy (non-hydrogen) atoms. The number of hydrogen-bond donors (Lipinski definition) is 2. The maximum atomic E-state index is 12.0. The summed E-state index contributed by atoms with van der Waals surface area (Å²) in [6.07, 6.45) is 2.94. The zero-order valence-electron chi connectivity index (χ0n) is 13.8. The summed E-state index contributed by atoms with van der Waals surface area (Å²) < 4.78 is 5.97. The lowest BCUT2D eigenvalue weighted by Gasteiger charge is -2.27. The van der Waals surface area contributed by atoms with Crippen LogP contribution in [0.15, 0.2) is 18.2 Å². The Morgan fingerprint density at radius 2 is 2.17 bits per heavy atom. The Morgan fingerprint density at radius 1 is 1.38 bits per heavy atom. The zero-order chi connectivity index (χ0) is 17.5. The highest BCUT2D eigenvalue weighted by atomic mass is 35.5. The molecule has 0 radical (unpaired) electrons. The van der Waals surface area contributed by atoms with Crippen LogP contribution in [-0.2, 0) is 4.74 Å². The maximum Gasteiger partial charge on any atom is 0.317 e. The van der Waals surface area contributed by atoms with Crippen LogP contribution >= 0.6 is 23.2 Å². The van der Waals surface area contributed by atoms with Crippen molar-refractivity contribution in [1.29, 1.82) is 0 Å². The second-order valence-corrected chi connectivity index (χ2v) is 6.83. The standard InChI is InChI=1S/C17H24Cl2N2O3/c1-21(7-8-22)17(23)20-11-16-13(4-2-3-9-24-16)12-5-6-14(18)15(19)10-12/h5-6,10,13,16,22H,2-4,7-9,11H2,1H3,(H,20,23)/t13-,16+/m0/s1. The molecule has 1 aliphatic rings. The Bertz CT molecular complexity index is 557. The number of rotatable bonds is 5. The van der Waals surface area contributed by atoms with E-state index in [9.17, 15) is 4.79 Å². The van der Waals surface area contributed by atoms with Gasteiger partial charge in [0.25, 0.3) is 0 Å². The molecule has 1 fully saturated rings. The summed E-state index contributed by atoms with van der Waals surface area (Å²) in [7, 11) is 1.65. The van der Waals surface area contributed by atoms with Gasteiger partial charge in [-0.15, -0.1) is 0 Å². The molecule has 1 aromatic carbocycles. The van der Waals surface area contributed by atoms with E-state index in [-0.39, 0.29) is 24.7 Å². The van der Waals surface area contributed by atoms with E-state index >= 15 is 0 Å². The van der Waals surface area contributed by atoms with E-state index in [0.717, 1.165) is 24.8 Å². The van der Waals surface area contributed by atoms with Crippen molar-refractivity contribution in [1.82, 2.24) is 10.2 Å². The van der Waals surface area contributed by atoms with E-state index in [4.69, 9.17) is 33.0 Å². The maximum absolute atomic E-state index is 12.0. The molecule has 1 heterocycles. The Morgan fingerprint density at radius 3 is 2.88 bits per heavy atom. The van der Waals surface area contributed by atoms with E-state index in [0.29, 0.717) is 29.7 Å². The lowest BCUT2D eigenvalue weighted by molar-refractivity contribution is 0.0468. The van der Waals surface area contributed by atoms with Crippen LogP contribution in [-0.4, -0.2) is 55.5 Å². The van der Waals surface area contributed by atoms with Gasteiger partial charge in [0.1, 0.15) is 0 Å². The topological polar surface area (TPSA) is 61.8 Å². The Balaban J connectivity index is 2.06. The molecule has 2 N–H and O–H groups in total. The molecule has 1 saturated heterocycles. The summed E-state index contributed by atoms with van der Waals surface area (Å²) in [4.78, 5) is 13.5. The summed E-state index contributed by atoms with van der Waals surface area (Å²) in [6, 6.07) is 5.44. The predicted molar refractivity (Wildman–Crippen MR) is 95.9 cm³/mol. The fraction of sp³-hybridized carbons (Fsp3) is 0.588. The number of carbonyl (C=O) groups is 1. The third-order valence-electron chi connectivity index (χ3n) is 4.30. The minimum Gasteiger partial charge on any atom is -0.395 e. The number of aliphatic hydroxyl groups is 1. The van der Waals surface area contributed by atoms with Crippen LogP contribution in [0.2, 0.25) is 10.0 Å². The largest absolute Gasteiger partial charge is 0.395 e. The molecular weight excluding hydrogens is 351 g/mol. The second kappa shape index (κ2) is 9.47. The molecular formula is C17H24Cl2N2O3. The van der Waals surface area contributed by atoms with Gasteiger partial charge in [-0.05, 0) is 30.5 Å². The Hall–Kier alpha value is -1.01. The lowest BCUT2D eigenvalue weighted by Crippen LogP contribution is -2.43. The highest BCUT2D eigenvalue weighted by molar-refractivity contribution is 6.42. The Labute approximate surface area is 152 Å². The van der Waals surface area contributed by atoms with Crippen molar-refractivity contribution in [3.05, 3.63) is 33.8 Å². The predicted octanol–water partition coefficient (Wildman–Crippen LogP) is 3.28. The van der Waals surface area contributed by atoms with Crippen LogP contribution in [0.1, 0.15) is 30.7 Å². The molecule has 134 valence electrons. The van der Waals surface area contributed by atoms with Crippen LogP contribution in [0.4, 0.5) is 4.79 Å². The minimum absolute atomic E-state index is 0.0598. The number of hydrogen-bond acceptors (Lipinski definition) is 3. The summed E-state index contributed by atoms with van der Waals surface area (Å²) >= 11 is 12.2.